The zero-order chi connectivity index (χ0) is 12.3. The van der Waals surface area contributed by atoms with Crippen LogP contribution in [0.5, 0.6) is 0 Å². The van der Waals surface area contributed by atoms with Crippen LogP contribution in [0.2, 0.25) is 0 Å². The van der Waals surface area contributed by atoms with Gasteiger partial charge in [0, 0.05) is 12.4 Å². The molecule has 0 spiro atoms. The van der Waals surface area contributed by atoms with E-state index < -0.39 is 5.97 Å². The van der Waals surface area contributed by atoms with Gasteiger partial charge in [0.25, 0.3) is 0 Å². The molecule has 2 heterocycles. The van der Waals surface area contributed by atoms with Crippen molar-refractivity contribution in [1.82, 2.24) is 30.4 Å². The molecular formula is C9H8N6O2. The second-order valence-electron chi connectivity index (χ2n) is 3.06. The molecular weight excluding hydrogens is 224 g/mol. The Morgan fingerprint density at radius 2 is 1.65 bits per heavy atom. The molecule has 0 aliphatic carbocycles. The standard InChI is InChI=1S/C9H8N6O2/c1-5-12-14-8(15-13-5)7-10-3-6(4-11-7)9(16)17-2/h3-4H,1-2H3. The Bertz CT molecular complexity index is 524. The summed E-state index contributed by atoms with van der Waals surface area (Å²) < 4.78 is 4.52. The molecule has 0 N–H and O–H groups in total. The highest BCUT2D eigenvalue weighted by atomic mass is 16.5. The predicted molar refractivity (Wildman–Crippen MR) is 54.7 cm³/mol. The summed E-state index contributed by atoms with van der Waals surface area (Å²) in [7, 11) is 1.28. The first-order valence-corrected chi connectivity index (χ1v) is 4.65. The van der Waals surface area contributed by atoms with Gasteiger partial charge in [-0.15, -0.1) is 20.4 Å². The molecule has 0 fully saturated rings. The summed E-state index contributed by atoms with van der Waals surface area (Å²) in [5, 5.41) is 15.0. The van der Waals surface area contributed by atoms with Gasteiger partial charge in [-0.25, -0.2) is 14.8 Å². The van der Waals surface area contributed by atoms with E-state index in [1.165, 1.54) is 19.5 Å². The molecule has 17 heavy (non-hydrogen) atoms. The Balaban J connectivity index is 2.29. The zero-order valence-electron chi connectivity index (χ0n) is 9.15. The number of aryl methyl sites for hydroxylation is 1. The summed E-state index contributed by atoms with van der Waals surface area (Å²) in [5.41, 5.74) is 0.254. The van der Waals surface area contributed by atoms with Gasteiger partial charge >= 0.3 is 5.97 Å². The number of hydrogen-bond donors (Lipinski definition) is 0. The van der Waals surface area contributed by atoms with Crippen molar-refractivity contribution < 1.29 is 9.53 Å². The van der Waals surface area contributed by atoms with E-state index in [1.807, 2.05) is 0 Å². The minimum atomic E-state index is -0.502. The molecule has 0 saturated carbocycles. The van der Waals surface area contributed by atoms with Crippen molar-refractivity contribution in [1.29, 1.82) is 0 Å². The third-order valence-electron chi connectivity index (χ3n) is 1.85. The fourth-order valence-corrected chi connectivity index (χ4v) is 1.04. The van der Waals surface area contributed by atoms with E-state index in [0.29, 0.717) is 5.82 Å². The number of carbonyl (C=O) groups excluding carboxylic acids is 1. The molecule has 0 aliphatic rings. The highest BCUT2D eigenvalue weighted by Gasteiger charge is 2.10. The van der Waals surface area contributed by atoms with Crippen molar-refractivity contribution in [3.05, 3.63) is 23.8 Å². The maximum atomic E-state index is 11.1. The van der Waals surface area contributed by atoms with Crippen molar-refractivity contribution >= 4 is 5.97 Å². The molecule has 2 aromatic rings. The van der Waals surface area contributed by atoms with Crippen LogP contribution in [0.1, 0.15) is 16.2 Å². The Morgan fingerprint density at radius 3 is 2.18 bits per heavy atom. The van der Waals surface area contributed by atoms with Crippen molar-refractivity contribution in [3.8, 4) is 11.6 Å². The Morgan fingerprint density at radius 1 is 1.06 bits per heavy atom. The lowest BCUT2D eigenvalue weighted by Crippen LogP contribution is -2.05. The van der Waals surface area contributed by atoms with Crippen molar-refractivity contribution in [3.63, 3.8) is 0 Å². The summed E-state index contributed by atoms with van der Waals surface area (Å²) in [5.74, 6) is 0.405. The average Bonchev–Trinajstić information content (AvgIpc) is 2.39. The van der Waals surface area contributed by atoms with E-state index in [2.05, 4.69) is 35.1 Å². The van der Waals surface area contributed by atoms with E-state index in [1.54, 1.807) is 6.92 Å². The normalized spacial score (nSPS) is 10.0. The van der Waals surface area contributed by atoms with Crippen LogP contribution in [0.3, 0.4) is 0 Å². The topological polar surface area (TPSA) is 104 Å². The second-order valence-corrected chi connectivity index (χ2v) is 3.06. The molecule has 8 nitrogen and oxygen atoms in total. The van der Waals surface area contributed by atoms with Gasteiger partial charge in [-0.05, 0) is 6.92 Å². The van der Waals surface area contributed by atoms with E-state index in [-0.39, 0.29) is 17.2 Å². The maximum Gasteiger partial charge on any atom is 0.341 e. The fourth-order valence-electron chi connectivity index (χ4n) is 1.04. The number of carbonyl (C=O) groups is 1. The average molecular weight is 232 g/mol. The number of nitrogens with zero attached hydrogens (tertiary/aromatic N) is 6. The number of aromatic nitrogens is 6. The molecule has 0 aromatic carbocycles. The lowest BCUT2D eigenvalue weighted by Gasteiger charge is -1.99. The summed E-state index contributed by atoms with van der Waals surface area (Å²) in [6.07, 6.45) is 2.66. The van der Waals surface area contributed by atoms with Gasteiger partial charge in [0.2, 0.25) is 11.6 Å². The molecule has 2 aromatic heterocycles. The minimum absolute atomic E-state index is 0.201. The first kappa shape index (κ1) is 11.0. The molecule has 0 unspecified atom stereocenters. The minimum Gasteiger partial charge on any atom is -0.465 e. The van der Waals surface area contributed by atoms with Gasteiger partial charge < -0.3 is 4.74 Å². The van der Waals surface area contributed by atoms with Crippen LogP contribution in [-0.4, -0.2) is 43.4 Å². The molecule has 86 valence electrons. The van der Waals surface area contributed by atoms with Crippen LogP contribution in [0.4, 0.5) is 0 Å². The maximum absolute atomic E-state index is 11.1. The lowest BCUT2D eigenvalue weighted by molar-refractivity contribution is 0.0600. The van der Waals surface area contributed by atoms with Gasteiger partial charge in [-0.2, -0.15) is 0 Å². The molecule has 8 heteroatoms. The zero-order valence-corrected chi connectivity index (χ0v) is 9.15. The number of esters is 1. The van der Waals surface area contributed by atoms with Crippen LogP contribution < -0.4 is 0 Å². The number of ether oxygens (including phenoxy) is 1. The van der Waals surface area contributed by atoms with E-state index in [9.17, 15) is 4.79 Å². The number of hydrogen-bond acceptors (Lipinski definition) is 8. The highest BCUT2D eigenvalue weighted by Crippen LogP contribution is 2.06. The van der Waals surface area contributed by atoms with Crippen LogP contribution in [0.25, 0.3) is 11.6 Å². The Labute approximate surface area is 96.1 Å². The SMILES string of the molecule is COC(=O)c1cnc(-c2nnc(C)nn2)nc1. The van der Waals surface area contributed by atoms with Gasteiger partial charge in [-0.3, -0.25) is 0 Å². The summed E-state index contributed by atoms with van der Waals surface area (Å²) in [4.78, 5) is 19.0. The van der Waals surface area contributed by atoms with Crippen LogP contribution >= 0.6 is 0 Å². The second kappa shape index (κ2) is 4.56. The van der Waals surface area contributed by atoms with Crippen LogP contribution in [-0.2, 0) is 4.74 Å². The van der Waals surface area contributed by atoms with Gasteiger partial charge in [-0.1, -0.05) is 0 Å². The van der Waals surface area contributed by atoms with Crippen molar-refractivity contribution in [2.45, 2.75) is 6.92 Å². The van der Waals surface area contributed by atoms with Crippen molar-refractivity contribution in [2.75, 3.05) is 7.11 Å². The molecule has 0 saturated heterocycles. The molecule has 2 rings (SSSR count). The third-order valence-corrected chi connectivity index (χ3v) is 1.85. The lowest BCUT2D eigenvalue weighted by atomic mass is 10.3. The summed E-state index contributed by atoms with van der Waals surface area (Å²) in [6.45, 7) is 1.67. The highest BCUT2D eigenvalue weighted by molar-refractivity contribution is 5.88. The monoisotopic (exact) mass is 232 g/mol. The summed E-state index contributed by atoms with van der Waals surface area (Å²) in [6, 6.07) is 0. The fraction of sp³-hybridized carbons (Fsp3) is 0.222. The smallest absolute Gasteiger partial charge is 0.341 e. The van der Waals surface area contributed by atoms with Gasteiger partial charge in [0.05, 0.1) is 12.7 Å². The first-order valence-electron chi connectivity index (χ1n) is 4.65. The van der Waals surface area contributed by atoms with E-state index >= 15 is 0 Å². The van der Waals surface area contributed by atoms with E-state index in [0.717, 1.165) is 0 Å². The predicted octanol–water partition coefficient (Wildman–Crippen LogP) is -0.181. The quantitative estimate of drug-likeness (QED) is 0.656. The molecule has 0 aliphatic heterocycles. The van der Waals surface area contributed by atoms with Crippen molar-refractivity contribution in [2.24, 2.45) is 0 Å². The first-order chi connectivity index (χ1) is 8.20. The van der Waals surface area contributed by atoms with E-state index in [4.69, 9.17) is 0 Å². The molecule has 0 amide bonds. The number of rotatable bonds is 2. The van der Waals surface area contributed by atoms with Gasteiger partial charge in [0.15, 0.2) is 5.82 Å². The third kappa shape index (κ3) is 2.36. The summed E-state index contributed by atoms with van der Waals surface area (Å²) >= 11 is 0. The molecule has 0 radical (unpaired) electrons. The van der Waals surface area contributed by atoms with Gasteiger partial charge in [0.1, 0.15) is 0 Å². The largest absolute Gasteiger partial charge is 0.465 e. The molecule has 0 atom stereocenters. The Hall–Kier alpha value is -2.51. The number of methoxy groups -OCH3 is 1. The van der Waals surface area contributed by atoms with Crippen LogP contribution in [0.15, 0.2) is 12.4 Å². The Kier molecular flexibility index (Phi) is 2.95. The van der Waals surface area contributed by atoms with Crippen LogP contribution in [0, 0.1) is 6.92 Å². The molecule has 0 bridgehead atoms.